The average molecular weight is 397 g/mol. The zero-order chi connectivity index (χ0) is 19.7. The molecule has 1 N–H and O–H groups in total. The number of nitrogens with one attached hydrogen (secondary N) is 1. The number of pyridine rings is 1. The molecular formula is C18H16ClF3N4O. The lowest BCUT2D eigenvalue weighted by atomic mass is 10.1. The van der Waals surface area contributed by atoms with Crippen molar-refractivity contribution in [2.24, 2.45) is 4.99 Å². The van der Waals surface area contributed by atoms with Crippen molar-refractivity contribution in [1.82, 2.24) is 9.88 Å². The second-order valence-corrected chi connectivity index (χ2v) is 6.39. The summed E-state index contributed by atoms with van der Waals surface area (Å²) in [6.07, 6.45) is -3.31. The van der Waals surface area contributed by atoms with Crippen molar-refractivity contribution < 1.29 is 18.0 Å². The third-order valence-electron chi connectivity index (χ3n) is 4.01. The number of hydrogen-bond donors (Lipinski definition) is 1. The molecule has 1 aromatic heterocycles. The zero-order valence-electron chi connectivity index (χ0n) is 14.3. The first-order valence-corrected chi connectivity index (χ1v) is 8.60. The number of alkyl halides is 3. The second kappa shape index (κ2) is 7.19. The number of aromatic nitrogens is 1. The molecule has 3 rings (SSSR count). The highest BCUT2D eigenvalue weighted by Gasteiger charge is 2.66. The van der Waals surface area contributed by atoms with E-state index in [9.17, 15) is 18.0 Å². The van der Waals surface area contributed by atoms with Gasteiger partial charge < -0.3 is 5.32 Å². The molecule has 0 radical (unpaired) electrons. The van der Waals surface area contributed by atoms with Crippen LogP contribution < -0.4 is 5.32 Å². The number of rotatable bonds is 5. The van der Waals surface area contributed by atoms with Gasteiger partial charge in [0, 0.05) is 18.3 Å². The maximum absolute atomic E-state index is 14.1. The van der Waals surface area contributed by atoms with Gasteiger partial charge in [-0.1, -0.05) is 48.9 Å². The van der Waals surface area contributed by atoms with E-state index >= 15 is 0 Å². The van der Waals surface area contributed by atoms with Gasteiger partial charge in [-0.05, 0) is 18.6 Å². The van der Waals surface area contributed by atoms with E-state index in [2.05, 4.69) is 15.3 Å². The van der Waals surface area contributed by atoms with Gasteiger partial charge in [0.1, 0.15) is 11.7 Å². The van der Waals surface area contributed by atoms with Crippen LogP contribution in [0.2, 0.25) is 5.02 Å². The first kappa shape index (κ1) is 19.2. The molecule has 5 nitrogen and oxygen atoms in total. The molecule has 2 aromatic rings. The van der Waals surface area contributed by atoms with Gasteiger partial charge in [0.05, 0.1) is 5.02 Å². The number of anilines is 1. The van der Waals surface area contributed by atoms with Crippen LogP contribution in [-0.4, -0.2) is 40.0 Å². The number of carbonyl (C=O) groups is 1. The molecule has 1 aromatic carbocycles. The normalized spacial score (nSPS) is 20.0. The largest absolute Gasteiger partial charge is 0.442 e. The van der Waals surface area contributed by atoms with Crippen molar-refractivity contribution in [3.63, 3.8) is 0 Å². The van der Waals surface area contributed by atoms with Gasteiger partial charge in [-0.2, -0.15) is 13.2 Å². The van der Waals surface area contributed by atoms with Gasteiger partial charge in [0.25, 0.3) is 5.91 Å². The van der Waals surface area contributed by atoms with Gasteiger partial charge in [0.15, 0.2) is 0 Å². The molecule has 0 spiro atoms. The SMILES string of the molecule is CCCN1C(=O)[C@@](Nc2ccc(Cl)cn2)(C(F)(F)F)N=C1c1ccccc1. The lowest BCUT2D eigenvalue weighted by Gasteiger charge is -2.29. The van der Waals surface area contributed by atoms with Crippen LogP contribution in [0.25, 0.3) is 0 Å². The Kier molecular flexibility index (Phi) is 5.10. The maximum Gasteiger partial charge on any atom is 0.442 e. The molecule has 1 amide bonds. The molecule has 0 unspecified atom stereocenters. The van der Waals surface area contributed by atoms with Crippen LogP contribution >= 0.6 is 11.6 Å². The van der Waals surface area contributed by atoms with E-state index in [1.54, 1.807) is 37.3 Å². The monoisotopic (exact) mass is 396 g/mol. The lowest BCUT2D eigenvalue weighted by molar-refractivity contribution is -0.185. The van der Waals surface area contributed by atoms with Crippen LogP contribution in [0, 0.1) is 0 Å². The predicted molar refractivity (Wildman–Crippen MR) is 96.6 cm³/mol. The number of aliphatic imine (C=N–C) groups is 1. The van der Waals surface area contributed by atoms with Crippen molar-refractivity contribution in [1.29, 1.82) is 0 Å². The molecule has 0 aliphatic carbocycles. The molecule has 0 fully saturated rings. The van der Waals surface area contributed by atoms with Gasteiger partial charge >= 0.3 is 11.8 Å². The minimum Gasteiger partial charge on any atom is -0.331 e. The van der Waals surface area contributed by atoms with E-state index in [1.165, 1.54) is 18.3 Å². The molecule has 0 saturated carbocycles. The predicted octanol–water partition coefficient (Wildman–Crippen LogP) is 4.10. The van der Waals surface area contributed by atoms with Crippen molar-refractivity contribution in [2.75, 3.05) is 11.9 Å². The fourth-order valence-corrected chi connectivity index (χ4v) is 2.88. The van der Waals surface area contributed by atoms with Gasteiger partial charge in [-0.15, -0.1) is 0 Å². The van der Waals surface area contributed by atoms with Crippen LogP contribution in [-0.2, 0) is 4.79 Å². The summed E-state index contributed by atoms with van der Waals surface area (Å²) in [5, 5.41) is 2.45. The minimum absolute atomic E-state index is 0.0266. The third kappa shape index (κ3) is 3.49. The molecule has 2 heterocycles. The Bertz CT molecular complexity index is 855. The van der Waals surface area contributed by atoms with Crippen molar-refractivity contribution in [3.8, 4) is 0 Å². The molecule has 0 saturated heterocycles. The first-order chi connectivity index (χ1) is 12.8. The second-order valence-electron chi connectivity index (χ2n) is 5.95. The van der Waals surface area contributed by atoms with E-state index in [0.29, 0.717) is 12.0 Å². The maximum atomic E-state index is 14.1. The topological polar surface area (TPSA) is 57.6 Å². The van der Waals surface area contributed by atoms with E-state index in [4.69, 9.17) is 11.6 Å². The minimum atomic E-state index is -4.98. The summed E-state index contributed by atoms with van der Waals surface area (Å²) in [5.41, 5.74) is -2.72. The molecule has 1 aliphatic heterocycles. The third-order valence-corrected chi connectivity index (χ3v) is 4.23. The highest BCUT2D eigenvalue weighted by atomic mass is 35.5. The van der Waals surface area contributed by atoms with Crippen LogP contribution in [0.5, 0.6) is 0 Å². The Labute approximate surface area is 158 Å². The van der Waals surface area contributed by atoms with E-state index in [-0.39, 0.29) is 23.2 Å². The van der Waals surface area contributed by atoms with Gasteiger partial charge in [-0.3, -0.25) is 9.69 Å². The quantitative estimate of drug-likeness (QED) is 0.827. The summed E-state index contributed by atoms with van der Waals surface area (Å²) in [6.45, 7) is 1.89. The van der Waals surface area contributed by atoms with Crippen LogP contribution in [0.15, 0.2) is 53.7 Å². The Morgan fingerprint density at radius 1 is 1.19 bits per heavy atom. The fraction of sp³-hybridized carbons (Fsp3) is 0.278. The molecule has 1 atom stereocenters. The van der Waals surface area contributed by atoms with Gasteiger partial charge in [0.2, 0.25) is 0 Å². The average Bonchev–Trinajstić information content (AvgIpc) is 2.92. The summed E-state index contributed by atoms with van der Waals surface area (Å²) < 4.78 is 42.2. The number of nitrogens with zero attached hydrogens (tertiary/aromatic N) is 3. The summed E-state index contributed by atoms with van der Waals surface area (Å²) in [7, 11) is 0. The molecule has 1 aliphatic rings. The Hall–Kier alpha value is -2.61. The summed E-state index contributed by atoms with van der Waals surface area (Å²) >= 11 is 5.73. The van der Waals surface area contributed by atoms with Crippen molar-refractivity contribution in [2.45, 2.75) is 25.2 Å². The summed E-state index contributed by atoms with van der Waals surface area (Å²) in [6, 6.07) is 11.0. The summed E-state index contributed by atoms with van der Waals surface area (Å²) in [4.78, 5) is 21.6. The Morgan fingerprint density at radius 2 is 1.89 bits per heavy atom. The number of hydrogen-bond acceptors (Lipinski definition) is 4. The van der Waals surface area contributed by atoms with E-state index in [1.807, 2.05) is 0 Å². The molecule has 9 heteroatoms. The van der Waals surface area contributed by atoms with E-state index < -0.39 is 17.7 Å². The lowest BCUT2D eigenvalue weighted by Crippen LogP contribution is -2.58. The first-order valence-electron chi connectivity index (χ1n) is 8.22. The highest BCUT2D eigenvalue weighted by molar-refractivity contribution is 6.30. The zero-order valence-corrected chi connectivity index (χ0v) is 15.1. The Morgan fingerprint density at radius 3 is 2.44 bits per heavy atom. The highest BCUT2D eigenvalue weighted by Crippen LogP contribution is 2.40. The smallest absolute Gasteiger partial charge is 0.331 e. The molecule has 0 bridgehead atoms. The van der Waals surface area contributed by atoms with Crippen LogP contribution in [0.3, 0.4) is 0 Å². The van der Waals surface area contributed by atoms with Crippen LogP contribution in [0.4, 0.5) is 19.0 Å². The number of carbonyl (C=O) groups excluding carboxylic acids is 1. The van der Waals surface area contributed by atoms with Gasteiger partial charge in [-0.25, -0.2) is 9.98 Å². The molecule has 27 heavy (non-hydrogen) atoms. The van der Waals surface area contributed by atoms with Crippen molar-refractivity contribution >= 4 is 29.2 Å². The molecular weight excluding hydrogens is 381 g/mol. The summed E-state index contributed by atoms with van der Waals surface area (Å²) in [5.74, 6) is -1.37. The van der Waals surface area contributed by atoms with Crippen LogP contribution in [0.1, 0.15) is 18.9 Å². The van der Waals surface area contributed by atoms with Crippen molar-refractivity contribution in [3.05, 3.63) is 59.2 Å². The van der Waals surface area contributed by atoms with E-state index in [0.717, 1.165) is 4.90 Å². The number of benzene rings is 1. The number of amidine groups is 1. The molecule has 142 valence electrons. The standard InChI is InChI=1S/C18H16ClF3N4O/c1-2-10-26-15(12-6-4-3-5-7-12)25-17(16(26)27,18(20,21)22)24-14-9-8-13(19)11-23-14/h3-9,11H,2,10H2,1H3,(H,23,24)/t17-/m0/s1. The fourth-order valence-electron chi connectivity index (χ4n) is 2.77. The number of halogens is 4. The number of amides is 1. The Balaban J connectivity index is 2.12.